The number of halogens is 6. The fourth-order valence-corrected chi connectivity index (χ4v) is 11.2. The van der Waals surface area contributed by atoms with Crippen molar-refractivity contribution in [1.82, 2.24) is 0 Å². The summed E-state index contributed by atoms with van der Waals surface area (Å²) in [6.07, 6.45) is 3.90. The maximum absolute atomic E-state index is 13.2. The lowest BCUT2D eigenvalue weighted by Crippen LogP contribution is -2.74. The standard InChI is InChI=1S/C27H27F6N2O4S2.C24H20B/c1-24(2)18-14-16(40(36,37)26(28,29)30)10-12-20(18)34(5)22(24)8-7-9-23-25(3,4)19-15-17(11-13-21(19)35(23)6)41(38,39)27(31,32)33;1-5-13-21(14-6-1)25(22-15-7-2-8-16-22,23-17-9-3-10-18-23)24-19-11-4-12-20-24/h7-15H,1-6H3;1-20H/q+1;-1. The van der Waals surface area contributed by atoms with E-state index in [0.29, 0.717) is 33.9 Å². The predicted octanol–water partition coefficient (Wildman–Crippen LogP) is 9.21. The van der Waals surface area contributed by atoms with Gasteiger partial charge < -0.3 is 4.90 Å². The van der Waals surface area contributed by atoms with E-state index in [0.717, 1.165) is 24.3 Å². The Bertz CT molecular complexity index is 2940. The number of alkyl halides is 6. The highest BCUT2D eigenvalue weighted by molar-refractivity contribution is 7.92. The van der Waals surface area contributed by atoms with Crippen molar-refractivity contribution in [2.75, 3.05) is 19.0 Å². The molecule has 0 unspecified atom stereocenters. The van der Waals surface area contributed by atoms with E-state index in [9.17, 15) is 43.2 Å². The van der Waals surface area contributed by atoms with Crippen LogP contribution in [0.3, 0.4) is 0 Å². The molecule has 0 aliphatic carbocycles. The lowest BCUT2D eigenvalue weighted by Gasteiger charge is -2.44. The highest BCUT2D eigenvalue weighted by Gasteiger charge is 2.50. The maximum atomic E-state index is 13.2. The minimum atomic E-state index is -5.54. The molecule has 0 spiro atoms. The minimum absolute atomic E-state index is 0.391. The summed E-state index contributed by atoms with van der Waals surface area (Å²) in [6.45, 7) is 6.99. The topological polar surface area (TPSA) is 74.5 Å². The molecule has 2 aliphatic rings. The highest BCUT2D eigenvalue weighted by atomic mass is 32.2. The van der Waals surface area contributed by atoms with E-state index in [4.69, 9.17) is 0 Å². The van der Waals surface area contributed by atoms with Crippen LogP contribution in [0.1, 0.15) is 38.8 Å². The van der Waals surface area contributed by atoms with Crippen molar-refractivity contribution in [3.8, 4) is 0 Å². The second-order valence-corrected chi connectivity index (χ2v) is 21.3. The third-order valence-corrected chi connectivity index (χ3v) is 15.9. The van der Waals surface area contributed by atoms with Gasteiger partial charge in [0.1, 0.15) is 13.2 Å². The predicted molar refractivity (Wildman–Crippen MR) is 252 cm³/mol. The first-order valence-corrected chi connectivity index (χ1v) is 23.9. The van der Waals surface area contributed by atoms with E-state index in [1.54, 1.807) is 69.5 Å². The molecular weight excluding hydrogens is 894 g/mol. The molecule has 0 N–H and O–H groups in total. The Morgan fingerprint density at radius 3 is 1.32 bits per heavy atom. The third-order valence-electron chi connectivity index (χ3n) is 12.9. The Kier molecular flexibility index (Phi) is 12.5. The average Bonchev–Trinajstić information content (AvgIpc) is 3.60. The Morgan fingerprint density at radius 2 is 0.924 bits per heavy atom. The van der Waals surface area contributed by atoms with Crippen LogP contribution in [-0.4, -0.2) is 58.4 Å². The lowest BCUT2D eigenvalue weighted by atomic mass is 9.13. The number of fused-ring (bicyclic) bond motifs is 2. The number of nitrogens with zero attached hydrogens (tertiary/aromatic N) is 2. The Labute approximate surface area is 382 Å². The van der Waals surface area contributed by atoms with Crippen molar-refractivity contribution in [3.05, 3.63) is 193 Å². The molecule has 342 valence electrons. The van der Waals surface area contributed by atoms with Gasteiger partial charge in [-0.25, -0.2) is 16.8 Å². The van der Waals surface area contributed by atoms with E-state index in [1.165, 1.54) is 34.0 Å². The molecule has 6 aromatic rings. The Hall–Kier alpha value is -6.19. The monoisotopic (exact) mass is 940 g/mol. The first-order valence-electron chi connectivity index (χ1n) is 20.9. The molecule has 2 aliphatic heterocycles. The summed E-state index contributed by atoms with van der Waals surface area (Å²) in [5.41, 5.74) is -4.12. The summed E-state index contributed by atoms with van der Waals surface area (Å²) < 4.78 is 129. The molecule has 15 heteroatoms. The number of hydrogen-bond acceptors (Lipinski definition) is 5. The minimum Gasteiger partial charge on any atom is -0.347 e. The van der Waals surface area contributed by atoms with Crippen LogP contribution in [0, 0.1) is 0 Å². The van der Waals surface area contributed by atoms with Crippen molar-refractivity contribution in [2.45, 2.75) is 59.3 Å². The second kappa shape index (κ2) is 17.2. The first kappa shape index (κ1) is 47.8. The molecule has 0 bridgehead atoms. The van der Waals surface area contributed by atoms with E-state index in [1.807, 2.05) is 0 Å². The fraction of sp³-hybridized carbons (Fsp3) is 0.196. The van der Waals surface area contributed by atoms with Gasteiger partial charge in [0.2, 0.25) is 5.69 Å². The molecule has 0 atom stereocenters. The van der Waals surface area contributed by atoms with E-state index in [-0.39, 0.29) is 0 Å². The summed E-state index contributed by atoms with van der Waals surface area (Å²) in [5, 5.41) is 0. The van der Waals surface area contributed by atoms with Crippen molar-refractivity contribution < 1.29 is 47.8 Å². The van der Waals surface area contributed by atoms with Gasteiger partial charge in [0, 0.05) is 41.6 Å². The molecule has 0 aromatic heterocycles. The summed E-state index contributed by atoms with van der Waals surface area (Å²) in [4.78, 5) is 0.0362. The molecular formula is C51H47BF6N2O4S2. The average molecular weight is 941 g/mol. The van der Waals surface area contributed by atoms with Crippen molar-refractivity contribution >= 4 is 64.8 Å². The van der Waals surface area contributed by atoms with Gasteiger partial charge in [0.05, 0.1) is 15.2 Å². The van der Waals surface area contributed by atoms with Gasteiger partial charge in [-0.1, -0.05) is 141 Å². The number of benzene rings is 6. The largest absolute Gasteiger partial charge is 0.501 e. The van der Waals surface area contributed by atoms with Crippen LogP contribution in [0.4, 0.5) is 37.7 Å². The van der Waals surface area contributed by atoms with Crippen LogP contribution in [0.15, 0.2) is 191 Å². The molecule has 0 fully saturated rings. The van der Waals surface area contributed by atoms with Gasteiger partial charge in [0.15, 0.2) is 5.71 Å². The normalized spacial score (nSPS) is 16.5. The third kappa shape index (κ3) is 8.10. The van der Waals surface area contributed by atoms with Gasteiger partial charge in [-0.15, -0.1) is 0 Å². The van der Waals surface area contributed by atoms with Gasteiger partial charge >= 0.3 is 11.0 Å². The fourth-order valence-electron chi connectivity index (χ4n) is 9.58. The molecule has 2 heterocycles. The zero-order chi connectivity index (χ0) is 48.1. The van der Waals surface area contributed by atoms with Crippen molar-refractivity contribution in [2.24, 2.45) is 0 Å². The molecule has 6 nitrogen and oxygen atoms in total. The molecule has 6 aromatic carbocycles. The van der Waals surface area contributed by atoms with Crippen LogP contribution in [0.5, 0.6) is 0 Å². The summed E-state index contributed by atoms with van der Waals surface area (Å²) in [6, 6.07) is 50.1. The van der Waals surface area contributed by atoms with Gasteiger partial charge in [0.25, 0.3) is 19.7 Å². The lowest BCUT2D eigenvalue weighted by molar-refractivity contribution is -0.401. The van der Waals surface area contributed by atoms with Crippen LogP contribution in [0.25, 0.3) is 0 Å². The van der Waals surface area contributed by atoms with Crippen LogP contribution in [0.2, 0.25) is 0 Å². The second-order valence-electron chi connectivity index (χ2n) is 17.4. The summed E-state index contributed by atoms with van der Waals surface area (Å²) in [7, 11) is -7.68. The van der Waals surface area contributed by atoms with Gasteiger partial charge in [-0.2, -0.15) is 52.8 Å². The summed E-state index contributed by atoms with van der Waals surface area (Å²) >= 11 is 0. The quantitative estimate of drug-likeness (QED) is 0.0865. The Balaban J connectivity index is 0.000000220. The van der Waals surface area contributed by atoms with Crippen LogP contribution >= 0.6 is 0 Å². The molecule has 66 heavy (non-hydrogen) atoms. The maximum Gasteiger partial charge on any atom is 0.501 e. The highest BCUT2D eigenvalue weighted by Crippen LogP contribution is 2.49. The van der Waals surface area contributed by atoms with Crippen LogP contribution < -0.4 is 26.8 Å². The van der Waals surface area contributed by atoms with E-state index >= 15 is 0 Å². The zero-order valence-electron chi connectivity index (χ0n) is 36.9. The van der Waals surface area contributed by atoms with Crippen molar-refractivity contribution in [3.63, 3.8) is 0 Å². The van der Waals surface area contributed by atoms with E-state index < -0.39 is 57.5 Å². The molecule has 8 rings (SSSR count). The van der Waals surface area contributed by atoms with Crippen molar-refractivity contribution in [1.29, 1.82) is 0 Å². The number of sulfone groups is 2. The molecule has 0 amide bonds. The zero-order valence-corrected chi connectivity index (χ0v) is 38.6. The number of hydrogen-bond donors (Lipinski definition) is 0. The smallest absolute Gasteiger partial charge is 0.347 e. The molecule has 0 radical (unpaired) electrons. The van der Waals surface area contributed by atoms with Gasteiger partial charge in [-0.05, 0) is 55.8 Å². The Morgan fingerprint density at radius 1 is 0.545 bits per heavy atom. The molecule has 0 saturated heterocycles. The number of anilines is 1. The number of likely N-dealkylation sites (N-methyl/N-ethyl adjacent to an activating group) is 1. The van der Waals surface area contributed by atoms with E-state index in [2.05, 4.69) is 121 Å². The first-order chi connectivity index (χ1) is 30.9. The SMILES string of the molecule is CN1/C(=C/C=C/C2=[N+](C)c3ccc(S(=O)(=O)C(F)(F)F)cc3C2(C)C)C(C)(C)c2cc(S(=O)(=O)C(F)(F)F)ccc21.c1ccc([B-](c2ccccc2)(c2ccccc2)c2ccccc2)cc1. The van der Waals surface area contributed by atoms with Crippen LogP contribution in [-0.2, 0) is 30.5 Å². The number of allylic oxidation sites excluding steroid dienone is 4. The van der Waals surface area contributed by atoms with Gasteiger partial charge in [-0.3, -0.25) is 0 Å². The summed E-state index contributed by atoms with van der Waals surface area (Å²) in [5.74, 6) is 0. The molecule has 0 saturated carbocycles. The number of rotatable bonds is 8.